The molecule has 0 aliphatic heterocycles. The van der Waals surface area contributed by atoms with Crippen molar-refractivity contribution >= 4 is 11.4 Å². The predicted molar refractivity (Wildman–Crippen MR) is 148 cm³/mol. The molecule has 4 atom stereocenters. The van der Waals surface area contributed by atoms with E-state index < -0.39 is 0 Å². The van der Waals surface area contributed by atoms with Crippen LogP contribution in [0.4, 0.5) is 4.39 Å². The van der Waals surface area contributed by atoms with Gasteiger partial charge in [0.25, 0.3) is 0 Å². The Morgan fingerprint density at radius 3 is 2.61 bits per heavy atom. The van der Waals surface area contributed by atoms with Gasteiger partial charge in [-0.15, -0.1) is 0 Å². The molecule has 0 bridgehead atoms. The van der Waals surface area contributed by atoms with Crippen molar-refractivity contribution in [2.75, 3.05) is 14.2 Å². The maximum atomic E-state index is 14.0. The summed E-state index contributed by atoms with van der Waals surface area (Å²) in [7, 11) is 3.21. The number of methoxy groups -OCH3 is 1. The minimum atomic E-state index is -0.263. The second kappa shape index (κ2) is 11.3. The van der Waals surface area contributed by atoms with Crippen LogP contribution in [-0.4, -0.2) is 30.7 Å². The fourth-order valence-electron chi connectivity index (χ4n) is 7.12. The van der Waals surface area contributed by atoms with Gasteiger partial charge in [0.05, 0.1) is 18.5 Å². The number of phenolic OH excluding ortho intramolecular Hbond substituents is 1. The van der Waals surface area contributed by atoms with Crippen LogP contribution in [0.15, 0.2) is 40.6 Å². The van der Waals surface area contributed by atoms with Crippen LogP contribution in [0.25, 0.3) is 0 Å². The van der Waals surface area contributed by atoms with Crippen LogP contribution in [0.3, 0.4) is 0 Å². The number of nitrogens with zero attached hydrogens (tertiary/aromatic N) is 2. The van der Waals surface area contributed by atoms with Crippen molar-refractivity contribution in [1.82, 2.24) is 0 Å². The monoisotopic (exact) mass is 524 g/mol. The lowest BCUT2D eigenvalue weighted by atomic mass is 9.50. The van der Waals surface area contributed by atoms with Gasteiger partial charge >= 0.3 is 0 Å². The maximum absolute atomic E-state index is 14.0. The standard InChI is InChI=1S/C30H37FN2O4.CH4/c1-5-18-11-19(13-20(31)12-18)17-37-32-26-14-23-21(22-16-28(35-3)27(34)15-24(22)26)9-10-30(2)25(23)7-6-8-29(30)33-36-4;/h11-13,15-16,21,23,25,34H,5-10,14,17H2,1-4H3;1H4/b32-26+,33-29+;/t21-,23-,25?,30+;/m1./s1. The number of rotatable bonds is 6. The molecule has 2 aromatic rings. The molecule has 38 heavy (non-hydrogen) atoms. The second-order valence-electron chi connectivity index (χ2n) is 10.9. The second-order valence-corrected chi connectivity index (χ2v) is 10.9. The van der Waals surface area contributed by atoms with Gasteiger partial charge in [-0.3, -0.25) is 0 Å². The molecule has 2 fully saturated rings. The van der Waals surface area contributed by atoms with E-state index in [0.29, 0.717) is 23.5 Å². The van der Waals surface area contributed by atoms with Gasteiger partial charge in [0.15, 0.2) is 11.5 Å². The van der Waals surface area contributed by atoms with Gasteiger partial charge in [-0.25, -0.2) is 4.39 Å². The summed E-state index contributed by atoms with van der Waals surface area (Å²) in [6.45, 7) is 4.54. The summed E-state index contributed by atoms with van der Waals surface area (Å²) < 4.78 is 19.5. The summed E-state index contributed by atoms with van der Waals surface area (Å²) in [5.74, 6) is 1.47. The van der Waals surface area contributed by atoms with Gasteiger partial charge in [-0.1, -0.05) is 37.7 Å². The van der Waals surface area contributed by atoms with E-state index in [1.54, 1.807) is 26.4 Å². The zero-order chi connectivity index (χ0) is 26.2. The number of ether oxygens (including phenoxy) is 1. The Labute approximate surface area is 225 Å². The Kier molecular flexibility index (Phi) is 8.34. The quantitative estimate of drug-likeness (QED) is 0.401. The molecule has 0 spiro atoms. The number of halogens is 1. The molecule has 0 saturated heterocycles. The number of phenols is 1. The first-order valence-corrected chi connectivity index (χ1v) is 13.4. The lowest BCUT2D eigenvalue weighted by Crippen LogP contribution is -2.50. The highest BCUT2D eigenvalue weighted by Crippen LogP contribution is 2.59. The molecule has 2 aromatic carbocycles. The molecule has 5 rings (SSSR count). The fraction of sp³-hybridized carbons (Fsp3) is 0.548. The van der Waals surface area contributed by atoms with Crippen LogP contribution in [0, 0.1) is 23.1 Å². The fourth-order valence-corrected chi connectivity index (χ4v) is 7.12. The summed E-state index contributed by atoms with van der Waals surface area (Å²) >= 11 is 0. The molecule has 0 aromatic heterocycles. The lowest BCUT2D eigenvalue weighted by molar-refractivity contribution is 0.0679. The predicted octanol–water partition coefficient (Wildman–Crippen LogP) is 7.37. The van der Waals surface area contributed by atoms with Crippen molar-refractivity contribution in [3.05, 3.63) is 58.4 Å². The highest BCUT2D eigenvalue weighted by molar-refractivity contribution is 6.04. The molecule has 0 radical (unpaired) electrons. The normalized spacial score (nSPS) is 28.1. The van der Waals surface area contributed by atoms with Crippen LogP contribution < -0.4 is 4.74 Å². The molecular weight excluding hydrogens is 483 g/mol. The van der Waals surface area contributed by atoms with Gasteiger partial charge in [0.1, 0.15) is 19.5 Å². The minimum Gasteiger partial charge on any atom is -0.504 e. The summed E-state index contributed by atoms with van der Waals surface area (Å²) in [5, 5.41) is 19.7. The van der Waals surface area contributed by atoms with E-state index in [1.807, 2.05) is 19.1 Å². The molecule has 7 heteroatoms. The van der Waals surface area contributed by atoms with E-state index in [-0.39, 0.29) is 31.0 Å². The van der Waals surface area contributed by atoms with Crippen molar-refractivity contribution in [3.8, 4) is 11.5 Å². The largest absolute Gasteiger partial charge is 0.504 e. The van der Waals surface area contributed by atoms with Crippen molar-refractivity contribution in [2.24, 2.45) is 27.6 Å². The smallest absolute Gasteiger partial charge is 0.160 e. The third-order valence-electron chi connectivity index (χ3n) is 8.94. The number of hydrogen-bond donors (Lipinski definition) is 1. The number of oxime groups is 2. The van der Waals surface area contributed by atoms with E-state index in [1.165, 1.54) is 11.8 Å². The number of aryl methyl sites for hydroxylation is 1. The van der Waals surface area contributed by atoms with Gasteiger partial charge in [0, 0.05) is 11.0 Å². The molecule has 0 amide bonds. The molecule has 1 unspecified atom stereocenters. The average molecular weight is 525 g/mol. The van der Waals surface area contributed by atoms with Crippen molar-refractivity contribution in [1.29, 1.82) is 0 Å². The third-order valence-corrected chi connectivity index (χ3v) is 8.94. The first kappa shape index (κ1) is 27.9. The zero-order valence-electron chi connectivity index (χ0n) is 22.2. The van der Waals surface area contributed by atoms with Gasteiger partial charge in [-0.05, 0) is 104 Å². The minimum absolute atomic E-state index is 0. The Bertz CT molecular complexity index is 1230. The summed E-state index contributed by atoms with van der Waals surface area (Å²) in [5.41, 5.74) is 5.75. The number of fused-ring (bicyclic) bond motifs is 5. The molecule has 0 heterocycles. The molecule has 1 N–H and O–H groups in total. The van der Waals surface area contributed by atoms with E-state index in [0.717, 1.165) is 72.9 Å². The van der Waals surface area contributed by atoms with Gasteiger partial charge < -0.3 is 19.5 Å². The Morgan fingerprint density at radius 1 is 1.08 bits per heavy atom. The molecule has 6 nitrogen and oxygen atoms in total. The number of benzene rings is 2. The molecule has 206 valence electrons. The van der Waals surface area contributed by atoms with Crippen molar-refractivity contribution in [3.63, 3.8) is 0 Å². The zero-order valence-corrected chi connectivity index (χ0v) is 22.2. The Morgan fingerprint density at radius 2 is 1.87 bits per heavy atom. The van der Waals surface area contributed by atoms with Crippen LogP contribution in [0.5, 0.6) is 11.5 Å². The summed E-state index contributed by atoms with van der Waals surface area (Å²) in [6, 6.07) is 8.74. The number of aromatic hydroxyl groups is 1. The highest BCUT2D eigenvalue weighted by Gasteiger charge is 2.53. The SMILES string of the molecule is C.CCc1cc(F)cc(CO/N=C2\C[C@H]3C4CCC/C(=N\OC)[C@@]4(C)CC[C@@H]3c3cc(OC)c(O)cc32)c1. The number of hydrogen-bond acceptors (Lipinski definition) is 6. The van der Waals surface area contributed by atoms with E-state index in [2.05, 4.69) is 17.2 Å². The van der Waals surface area contributed by atoms with Crippen LogP contribution >= 0.6 is 0 Å². The van der Waals surface area contributed by atoms with Crippen LogP contribution in [0.2, 0.25) is 0 Å². The van der Waals surface area contributed by atoms with E-state index in [9.17, 15) is 9.50 Å². The van der Waals surface area contributed by atoms with E-state index >= 15 is 0 Å². The van der Waals surface area contributed by atoms with Crippen LogP contribution in [0.1, 0.15) is 88.0 Å². The van der Waals surface area contributed by atoms with Crippen LogP contribution in [-0.2, 0) is 22.7 Å². The lowest BCUT2D eigenvalue weighted by Gasteiger charge is -2.54. The van der Waals surface area contributed by atoms with E-state index in [4.69, 9.17) is 14.4 Å². The highest BCUT2D eigenvalue weighted by atomic mass is 19.1. The maximum Gasteiger partial charge on any atom is 0.160 e. The average Bonchev–Trinajstić information content (AvgIpc) is 2.88. The molecule has 2 saturated carbocycles. The summed E-state index contributed by atoms with van der Waals surface area (Å²) in [4.78, 5) is 11.1. The topological polar surface area (TPSA) is 72.6 Å². The van der Waals surface area contributed by atoms with Gasteiger partial charge in [-0.2, -0.15) is 0 Å². The van der Waals surface area contributed by atoms with Crippen molar-refractivity contribution in [2.45, 2.75) is 78.7 Å². The first-order chi connectivity index (χ1) is 17.9. The van der Waals surface area contributed by atoms with Gasteiger partial charge in [0.2, 0.25) is 0 Å². The molecular formula is C31H41FN2O4. The molecule has 3 aliphatic carbocycles. The Balaban J connectivity index is 0.00000336. The van der Waals surface area contributed by atoms with Crippen molar-refractivity contribution < 1.29 is 23.9 Å². The third kappa shape index (κ3) is 4.99. The summed E-state index contributed by atoms with van der Waals surface area (Å²) in [6.07, 6.45) is 6.80. The Hall–Kier alpha value is -3.09. The molecule has 3 aliphatic rings. The first-order valence-electron chi connectivity index (χ1n) is 13.4.